The van der Waals surface area contributed by atoms with Crippen LogP contribution in [-0.2, 0) is 17.8 Å². The van der Waals surface area contributed by atoms with Gasteiger partial charge >= 0.3 is 0 Å². The normalized spacial score (nSPS) is 10.7. The minimum Gasteiger partial charge on any atom is -0.496 e. The van der Waals surface area contributed by atoms with Gasteiger partial charge in [-0.1, -0.05) is 18.2 Å². The van der Waals surface area contributed by atoms with Crippen LogP contribution in [0.5, 0.6) is 5.75 Å². The van der Waals surface area contributed by atoms with Crippen molar-refractivity contribution in [3.8, 4) is 5.75 Å². The van der Waals surface area contributed by atoms with E-state index in [4.69, 9.17) is 9.47 Å². The molecule has 0 radical (unpaired) electrons. The Hall–Kier alpha value is -1.85. The van der Waals surface area contributed by atoms with Crippen LogP contribution in [0.2, 0.25) is 0 Å². The fraction of sp³-hybridized carbons (Fsp3) is 0.400. The molecule has 0 aliphatic heterocycles. The summed E-state index contributed by atoms with van der Waals surface area (Å²) < 4.78 is 12.5. The highest BCUT2D eigenvalue weighted by molar-refractivity contribution is 5.33. The molecule has 1 N–H and O–H groups in total. The molecule has 20 heavy (non-hydrogen) atoms. The van der Waals surface area contributed by atoms with E-state index in [0.717, 1.165) is 36.6 Å². The minimum atomic E-state index is 0.709. The molecule has 5 heteroatoms. The summed E-state index contributed by atoms with van der Waals surface area (Å²) in [7, 11) is 3.40. The van der Waals surface area contributed by atoms with Crippen molar-refractivity contribution in [3.63, 3.8) is 0 Å². The average Bonchev–Trinajstić information content (AvgIpc) is 2.91. The Bertz CT molecular complexity index is 525. The van der Waals surface area contributed by atoms with Crippen molar-refractivity contribution in [2.45, 2.75) is 13.1 Å². The third-order valence-electron chi connectivity index (χ3n) is 3.12. The van der Waals surface area contributed by atoms with E-state index < -0.39 is 0 Å². The van der Waals surface area contributed by atoms with Crippen LogP contribution < -0.4 is 10.1 Å². The summed E-state index contributed by atoms with van der Waals surface area (Å²) in [6.45, 7) is 3.07. The molecule has 1 aromatic heterocycles. The second kappa shape index (κ2) is 7.67. The molecule has 0 spiro atoms. The van der Waals surface area contributed by atoms with Gasteiger partial charge < -0.3 is 19.4 Å². The summed E-state index contributed by atoms with van der Waals surface area (Å²) >= 11 is 0. The van der Waals surface area contributed by atoms with Crippen molar-refractivity contribution < 1.29 is 9.47 Å². The topological polar surface area (TPSA) is 48.3 Å². The van der Waals surface area contributed by atoms with Gasteiger partial charge in [-0.3, -0.25) is 0 Å². The van der Waals surface area contributed by atoms with E-state index in [-0.39, 0.29) is 0 Å². The van der Waals surface area contributed by atoms with E-state index in [9.17, 15) is 0 Å². The number of para-hydroxylation sites is 1. The van der Waals surface area contributed by atoms with Gasteiger partial charge in [-0.2, -0.15) is 0 Å². The summed E-state index contributed by atoms with van der Waals surface area (Å²) in [5.74, 6) is 0.902. The second-order valence-electron chi connectivity index (χ2n) is 4.49. The van der Waals surface area contributed by atoms with E-state index >= 15 is 0 Å². The van der Waals surface area contributed by atoms with Crippen molar-refractivity contribution in [3.05, 3.63) is 48.0 Å². The number of hydrogen-bond acceptors (Lipinski definition) is 4. The SMILES string of the molecule is COCCNCc1cncn1Cc1ccccc1OC. The predicted molar refractivity (Wildman–Crippen MR) is 77.9 cm³/mol. The van der Waals surface area contributed by atoms with Crippen LogP contribution in [0.3, 0.4) is 0 Å². The quantitative estimate of drug-likeness (QED) is 0.745. The summed E-state index contributed by atoms with van der Waals surface area (Å²) in [5, 5.41) is 3.33. The van der Waals surface area contributed by atoms with Gasteiger partial charge in [-0.25, -0.2) is 4.98 Å². The van der Waals surface area contributed by atoms with Crippen LogP contribution in [0.4, 0.5) is 0 Å². The van der Waals surface area contributed by atoms with Gasteiger partial charge in [0.05, 0.1) is 32.3 Å². The lowest BCUT2D eigenvalue weighted by atomic mass is 10.2. The first-order valence-electron chi connectivity index (χ1n) is 6.65. The van der Waals surface area contributed by atoms with Crippen LogP contribution >= 0.6 is 0 Å². The Morgan fingerprint density at radius 1 is 1.25 bits per heavy atom. The molecule has 0 aliphatic carbocycles. The standard InChI is InChI=1S/C15H21N3O2/c1-19-8-7-16-9-14-10-17-12-18(14)11-13-5-3-4-6-15(13)20-2/h3-6,10,12,16H,7-9,11H2,1-2H3. The van der Waals surface area contributed by atoms with Gasteiger partial charge in [-0.05, 0) is 6.07 Å². The summed E-state index contributed by atoms with van der Waals surface area (Å²) in [6.07, 6.45) is 3.73. The van der Waals surface area contributed by atoms with Crippen molar-refractivity contribution >= 4 is 0 Å². The molecule has 0 fully saturated rings. The number of hydrogen-bond donors (Lipinski definition) is 1. The fourth-order valence-electron chi connectivity index (χ4n) is 2.05. The first-order valence-corrected chi connectivity index (χ1v) is 6.65. The molecule has 5 nitrogen and oxygen atoms in total. The van der Waals surface area contributed by atoms with E-state index in [2.05, 4.69) is 20.9 Å². The summed E-state index contributed by atoms with van der Waals surface area (Å²) in [6, 6.07) is 8.04. The van der Waals surface area contributed by atoms with Crippen LogP contribution in [0.15, 0.2) is 36.8 Å². The van der Waals surface area contributed by atoms with Crippen LogP contribution in [0.1, 0.15) is 11.3 Å². The Morgan fingerprint density at radius 3 is 2.90 bits per heavy atom. The number of rotatable bonds is 8. The van der Waals surface area contributed by atoms with Crippen molar-refractivity contribution in [1.29, 1.82) is 0 Å². The average molecular weight is 275 g/mol. The lowest BCUT2D eigenvalue weighted by Gasteiger charge is -2.12. The number of methoxy groups -OCH3 is 2. The molecule has 2 aromatic rings. The smallest absolute Gasteiger partial charge is 0.123 e. The fourth-order valence-corrected chi connectivity index (χ4v) is 2.05. The first-order chi connectivity index (χ1) is 9.85. The molecule has 1 heterocycles. The van der Waals surface area contributed by atoms with Crippen LogP contribution in [0.25, 0.3) is 0 Å². The molecular formula is C15H21N3O2. The number of aromatic nitrogens is 2. The Balaban J connectivity index is 2.01. The maximum Gasteiger partial charge on any atom is 0.123 e. The Kier molecular flexibility index (Phi) is 5.58. The summed E-state index contributed by atoms with van der Waals surface area (Å²) in [4.78, 5) is 4.22. The first kappa shape index (κ1) is 14.6. The van der Waals surface area contributed by atoms with Gasteiger partial charge in [0, 0.05) is 32.0 Å². The maximum atomic E-state index is 5.38. The van der Waals surface area contributed by atoms with Gasteiger partial charge in [0.2, 0.25) is 0 Å². The van der Waals surface area contributed by atoms with E-state index in [0.29, 0.717) is 6.61 Å². The molecule has 1 aromatic carbocycles. The zero-order valence-corrected chi connectivity index (χ0v) is 12.0. The number of ether oxygens (including phenoxy) is 2. The second-order valence-corrected chi connectivity index (χ2v) is 4.49. The van der Waals surface area contributed by atoms with Crippen molar-refractivity contribution in [2.24, 2.45) is 0 Å². The number of benzene rings is 1. The number of nitrogens with one attached hydrogen (secondary N) is 1. The van der Waals surface area contributed by atoms with Gasteiger partial charge in [0.1, 0.15) is 5.75 Å². The van der Waals surface area contributed by atoms with E-state index in [1.807, 2.05) is 30.7 Å². The molecule has 0 aliphatic rings. The lowest BCUT2D eigenvalue weighted by Crippen LogP contribution is -2.20. The van der Waals surface area contributed by atoms with Gasteiger partial charge in [0.15, 0.2) is 0 Å². The molecule has 0 bridgehead atoms. The zero-order valence-electron chi connectivity index (χ0n) is 12.0. The minimum absolute atomic E-state index is 0.709. The molecular weight excluding hydrogens is 254 g/mol. The number of nitrogens with zero attached hydrogens (tertiary/aromatic N) is 2. The lowest BCUT2D eigenvalue weighted by molar-refractivity contribution is 0.199. The summed E-state index contributed by atoms with van der Waals surface area (Å²) in [5.41, 5.74) is 2.29. The van der Waals surface area contributed by atoms with Crippen molar-refractivity contribution in [1.82, 2.24) is 14.9 Å². The largest absolute Gasteiger partial charge is 0.496 e. The molecule has 0 saturated carbocycles. The predicted octanol–water partition coefficient (Wildman–Crippen LogP) is 1.68. The third kappa shape index (κ3) is 3.82. The maximum absolute atomic E-state index is 5.38. The van der Waals surface area contributed by atoms with E-state index in [1.165, 1.54) is 0 Å². The molecule has 0 atom stereocenters. The van der Waals surface area contributed by atoms with Crippen molar-refractivity contribution in [2.75, 3.05) is 27.4 Å². The highest BCUT2D eigenvalue weighted by atomic mass is 16.5. The van der Waals surface area contributed by atoms with Crippen LogP contribution in [-0.4, -0.2) is 36.9 Å². The monoisotopic (exact) mass is 275 g/mol. The molecule has 0 saturated heterocycles. The van der Waals surface area contributed by atoms with Gasteiger partial charge in [0.25, 0.3) is 0 Å². The van der Waals surface area contributed by atoms with Gasteiger partial charge in [-0.15, -0.1) is 0 Å². The Labute approximate surface area is 119 Å². The zero-order chi connectivity index (χ0) is 14.2. The molecule has 0 unspecified atom stereocenters. The number of imidazole rings is 1. The highest BCUT2D eigenvalue weighted by Crippen LogP contribution is 2.19. The van der Waals surface area contributed by atoms with E-state index in [1.54, 1.807) is 14.2 Å². The molecule has 108 valence electrons. The molecule has 2 rings (SSSR count). The molecule has 0 amide bonds. The van der Waals surface area contributed by atoms with Crippen LogP contribution in [0, 0.1) is 0 Å². The third-order valence-corrected chi connectivity index (χ3v) is 3.12. The Morgan fingerprint density at radius 2 is 2.10 bits per heavy atom. The highest BCUT2D eigenvalue weighted by Gasteiger charge is 2.06.